The fraction of sp³-hybridized carbons (Fsp3) is 0.200. The minimum atomic E-state index is -1.65. The molecule has 324 valence electrons. The highest BCUT2D eigenvalue weighted by atomic mass is 19.2. The quantitative estimate of drug-likeness (QED) is 0.107. The van der Waals surface area contributed by atoms with E-state index in [1.165, 1.54) is 9.80 Å². The Morgan fingerprint density at radius 2 is 1.00 bits per heavy atom. The van der Waals surface area contributed by atoms with E-state index in [1.807, 2.05) is 0 Å². The Kier molecular flexibility index (Phi) is 10.7. The lowest BCUT2D eigenvalue weighted by atomic mass is 10.1. The summed E-state index contributed by atoms with van der Waals surface area (Å²) in [6, 6.07) is 6.62. The summed E-state index contributed by atoms with van der Waals surface area (Å²) in [5, 5.41) is 27.0. The van der Waals surface area contributed by atoms with Crippen LogP contribution in [0.25, 0.3) is 33.4 Å². The minimum Gasteiger partial charge on any atom is -0.477 e. The number of guanidine groups is 2. The van der Waals surface area contributed by atoms with Crippen molar-refractivity contribution in [1.29, 1.82) is 5.41 Å². The molecular weight excluding hydrogens is 844 g/mol. The van der Waals surface area contributed by atoms with Gasteiger partial charge in [0.05, 0.1) is 22.1 Å². The molecule has 0 amide bonds. The Bertz CT molecular complexity index is 3070. The largest absolute Gasteiger partial charge is 0.477 e. The number of carbonyl (C=O) groups is 2. The van der Waals surface area contributed by atoms with Gasteiger partial charge in [-0.25, -0.2) is 45.9 Å². The zero-order chi connectivity index (χ0) is 45.0. The van der Waals surface area contributed by atoms with Gasteiger partial charge in [0.1, 0.15) is 34.4 Å². The number of aromatic carboxylic acids is 2. The minimum absolute atomic E-state index is 0.0511. The van der Waals surface area contributed by atoms with Crippen molar-refractivity contribution in [2.45, 2.75) is 0 Å². The normalized spacial score (nSPS) is 14.8. The van der Waals surface area contributed by atoms with E-state index < -0.39 is 79.6 Å². The fourth-order valence-electron chi connectivity index (χ4n) is 7.42. The molecule has 63 heavy (non-hydrogen) atoms. The topological polar surface area (TPSA) is 220 Å². The third-order valence-electron chi connectivity index (χ3n) is 10.6. The van der Waals surface area contributed by atoms with Crippen LogP contribution < -0.4 is 26.4 Å². The predicted molar refractivity (Wildman–Crippen MR) is 215 cm³/mol. The van der Waals surface area contributed by atoms with Gasteiger partial charge >= 0.3 is 11.9 Å². The molecule has 0 radical (unpaired) electrons. The molecule has 2 aromatic carbocycles. The first kappa shape index (κ1) is 41.7. The van der Waals surface area contributed by atoms with E-state index in [9.17, 15) is 47.0 Å². The number of hydrogen-bond donors (Lipinski definition) is 4. The maximum atomic E-state index is 15.6. The number of aliphatic imine (C=N–C) groups is 1. The zero-order valence-electron chi connectivity index (χ0n) is 32.3. The summed E-state index contributed by atoms with van der Waals surface area (Å²) in [4.78, 5) is 68.8. The lowest BCUT2D eigenvalue weighted by molar-refractivity contribution is 0.0684. The number of carboxylic acids is 2. The van der Waals surface area contributed by atoms with Crippen molar-refractivity contribution < 1.29 is 46.1 Å². The summed E-state index contributed by atoms with van der Waals surface area (Å²) in [5.74, 6) is -10.0. The molecule has 23 heteroatoms. The molecule has 2 fully saturated rings. The highest BCUT2D eigenvalue weighted by molar-refractivity contribution is 5.94. The molecule has 4 aromatic heterocycles. The number of hydrogen-bond acceptors (Lipinski definition) is 9. The van der Waals surface area contributed by atoms with E-state index in [0.717, 1.165) is 57.9 Å². The van der Waals surface area contributed by atoms with Crippen molar-refractivity contribution in [1.82, 2.24) is 28.9 Å². The van der Waals surface area contributed by atoms with E-state index in [0.29, 0.717) is 12.1 Å². The van der Waals surface area contributed by atoms with Crippen LogP contribution in [-0.4, -0.2) is 115 Å². The van der Waals surface area contributed by atoms with Crippen molar-refractivity contribution in [2.24, 2.45) is 10.7 Å². The van der Waals surface area contributed by atoms with Gasteiger partial charge in [-0.1, -0.05) is 0 Å². The van der Waals surface area contributed by atoms with Crippen molar-refractivity contribution >= 4 is 57.6 Å². The first-order valence-electron chi connectivity index (χ1n) is 18.8. The number of fused-ring (bicyclic) bond motifs is 2. The number of rotatable bonds is 6. The van der Waals surface area contributed by atoms with Gasteiger partial charge in [-0.2, -0.15) is 4.99 Å². The number of pyridine rings is 4. The zero-order valence-corrected chi connectivity index (χ0v) is 32.3. The second-order valence-electron chi connectivity index (χ2n) is 14.4. The van der Waals surface area contributed by atoms with Crippen molar-refractivity contribution in [3.8, 4) is 11.4 Å². The Morgan fingerprint density at radius 1 is 0.603 bits per heavy atom. The van der Waals surface area contributed by atoms with Crippen LogP contribution in [0, 0.1) is 40.3 Å². The number of nitrogens with zero attached hydrogens (tertiary/aromatic N) is 9. The molecule has 2 aliphatic rings. The third kappa shape index (κ3) is 7.67. The molecule has 2 aliphatic heterocycles. The van der Waals surface area contributed by atoms with Gasteiger partial charge in [-0.05, 0) is 36.4 Å². The number of nitrogens with one attached hydrogen (secondary N) is 1. The van der Waals surface area contributed by atoms with Crippen molar-refractivity contribution in [3.05, 3.63) is 127 Å². The first-order valence-corrected chi connectivity index (χ1v) is 18.8. The highest BCUT2D eigenvalue weighted by Gasteiger charge is 2.29. The van der Waals surface area contributed by atoms with Crippen molar-refractivity contribution in [3.63, 3.8) is 0 Å². The number of nitrogens with two attached hydrogens (primary N) is 1. The van der Waals surface area contributed by atoms with Gasteiger partial charge in [0, 0.05) is 76.9 Å². The molecule has 8 rings (SSSR count). The van der Waals surface area contributed by atoms with E-state index in [1.54, 1.807) is 9.80 Å². The van der Waals surface area contributed by atoms with Gasteiger partial charge in [0.25, 0.3) is 0 Å². The summed E-state index contributed by atoms with van der Waals surface area (Å²) in [5.41, 5.74) is 1.35. The van der Waals surface area contributed by atoms with Crippen LogP contribution in [0.2, 0.25) is 0 Å². The summed E-state index contributed by atoms with van der Waals surface area (Å²) in [7, 11) is 0. The van der Waals surface area contributed by atoms with Gasteiger partial charge < -0.3 is 35.5 Å². The molecule has 5 N–H and O–H groups in total. The summed E-state index contributed by atoms with van der Waals surface area (Å²) in [6.45, 7) is 0.908. The van der Waals surface area contributed by atoms with E-state index in [-0.39, 0.29) is 98.6 Å². The number of benzene rings is 2. The maximum absolute atomic E-state index is 15.6. The SMILES string of the molecule is N=C(N=C(N)N1CCN(c2nc3c(cc2F)c(=O)c(C(=O)O)cn3-c2ccc(F)cc2F)CC1)N1CCN(c2nc3c(cc2F)c(=O)c(C(=O)O)cn3-c2ccc(F)cc2F)CC1. The van der Waals surface area contributed by atoms with Crippen LogP contribution in [0.4, 0.5) is 38.0 Å². The molecule has 0 spiro atoms. The molecular formula is C40H31F6N11O6. The molecule has 0 aliphatic carbocycles. The highest BCUT2D eigenvalue weighted by Crippen LogP contribution is 2.28. The third-order valence-corrected chi connectivity index (χ3v) is 10.6. The fourth-order valence-corrected chi connectivity index (χ4v) is 7.42. The smallest absolute Gasteiger partial charge is 0.341 e. The molecule has 0 saturated carbocycles. The average molecular weight is 876 g/mol. The standard InChI is InChI=1S/C40H31F6N11O6/c41-19-1-3-29(25(43)13-19)56-17-23(37(60)61)31(58)21-15-27(45)35(49-33(21)56)52-5-9-54(10-6-52)39(47)51-40(48)55-11-7-53(8-12-55)36-28(46)16-22-32(59)24(38(62)63)18-57(34(22)50-36)30-4-2-20(42)14-26(30)44/h1-4,13-18H,5-12H2,(H,60,61)(H,62,63)(H3,47,48,51). The van der Waals surface area contributed by atoms with Crippen LogP contribution in [0.3, 0.4) is 0 Å². The average Bonchev–Trinajstić information content (AvgIpc) is 3.24. The number of piperazine rings is 2. The monoisotopic (exact) mass is 875 g/mol. The van der Waals surface area contributed by atoms with Crippen LogP contribution in [0.15, 0.2) is 75.5 Å². The number of carboxylic acid groups (broad SMARTS) is 2. The van der Waals surface area contributed by atoms with Gasteiger partial charge in [0.15, 0.2) is 40.5 Å². The molecule has 6 heterocycles. The number of anilines is 2. The number of aromatic nitrogens is 4. The summed E-state index contributed by atoms with van der Waals surface area (Å²) in [6.07, 6.45) is 1.66. The molecule has 0 atom stereocenters. The van der Waals surface area contributed by atoms with Crippen LogP contribution in [0.5, 0.6) is 0 Å². The van der Waals surface area contributed by atoms with Crippen LogP contribution in [0.1, 0.15) is 20.7 Å². The van der Waals surface area contributed by atoms with E-state index in [4.69, 9.17) is 11.1 Å². The molecule has 6 aromatic rings. The maximum Gasteiger partial charge on any atom is 0.341 e. The van der Waals surface area contributed by atoms with Gasteiger partial charge in [0.2, 0.25) is 16.8 Å². The van der Waals surface area contributed by atoms with Crippen LogP contribution in [-0.2, 0) is 0 Å². The summed E-state index contributed by atoms with van der Waals surface area (Å²) >= 11 is 0. The Morgan fingerprint density at radius 3 is 1.38 bits per heavy atom. The Hall–Kier alpha value is -7.98. The Balaban J connectivity index is 0.971. The molecule has 0 bridgehead atoms. The van der Waals surface area contributed by atoms with Gasteiger partial charge in [-0.15, -0.1) is 0 Å². The lowest BCUT2D eigenvalue weighted by Crippen LogP contribution is -2.53. The van der Waals surface area contributed by atoms with E-state index in [2.05, 4.69) is 15.0 Å². The molecule has 17 nitrogen and oxygen atoms in total. The second kappa shape index (κ2) is 16.1. The molecule has 2 saturated heterocycles. The lowest BCUT2D eigenvalue weighted by Gasteiger charge is -2.37. The van der Waals surface area contributed by atoms with Crippen molar-refractivity contribution in [2.75, 3.05) is 62.2 Å². The van der Waals surface area contributed by atoms with Crippen LogP contribution >= 0.6 is 0 Å². The predicted octanol–water partition coefficient (Wildman–Crippen LogP) is 3.51. The number of halogens is 6. The first-order chi connectivity index (χ1) is 30.0. The van der Waals surface area contributed by atoms with Gasteiger partial charge in [-0.3, -0.25) is 24.1 Å². The summed E-state index contributed by atoms with van der Waals surface area (Å²) < 4.78 is 90.4. The Labute approximate surface area is 349 Å². The second-order valence-corrected chi connectivity index (χ2v) is 14.4. The van der Waals surface area contributed by atoms with E-state index >= 15 is 8.78 Å². The molecule has 0 unspecified atom stereocenters.